The van der Waals surface area contributed by atoms with Crippen molar-refractivity contribution in [3.8, 4) is 55.6 Å². The van der Waals surface area contributed by atoms with Gasteiger partial charge < -0.3 is 22.8 Å². The summed E-state index contributed by atoms with van der Waals surface area (Å²) in [6, 6.07) is 111. The van der Waals surface area contributed by atoms with E-state index in [1.54, 1.807) is 0 Å². The van der Waals surface area contributed by atoms with Gasteiger partial charge in [-0.25, -0.2) is 0 Å². The molecule has 25 rings (SSSR count). The monoisotopic (exact) mass is 1990 g/mol. The quantitative estimate of drug-likeness (QED) is 0.156. The minimum Gasteiger partial charge on any atom is -0.344 e. The zero-order valence-corrected chi connectivity index (χ0v) is 101. The van der Waals surface area contributed by atoms with Gasteiger partial charge >= 0.3 is 0 Å². The lowest BCUT2D eigenvalue weighted by Gasteiger charge is -2.06. The smallest absolute Gasteiger partial charge is 0.0530 e. The highest BCUT2D eigenvalue weighted by Gasteiger charge is 2.29. The van der Waals surface area contributed by atoms with Gasteiger partial charge in [0.2, 0.25) is 0 Å². The van der Waals surface area contributed by atoms with Crippen LogP contribution in [0, 0.1) is 0 Å². The molecule has 15 aromatic carbocycles. The van der Waals surface area contributed by atoms with E-state index >= 15 is 0 Å². The summed E-state index contributed by atoms with van der Waals surface area (Å²) in [4.78, 5) is 0. The molecule has 5 aliphatic carbocycles. The van der Waals surface area contributed by atoms with E-state index in [0.717, 1.165) is 38.6 Å². The number of rotatable bonds is 1. The topological polar surface area (TPSA) is 24.6 Å². The van der Waals surface area contributed by atoms with Crippen LogP contribution >= 0.6 is 0 Å². The molecule has 0 atom stereocenters. The molecule has 796 valence electrons. The first kappa shape index (κ1) is 131. The Bertz CT molecular complexity index is 6830. The summed E-state index contributed by atoms with van der Waals surface area (Å²) < 4.78 is 11.8. The molecule has 0 radical (unpaired) electrons. The third kappa shape index (κ3) is 28.9. The second kappa shape index (κ2) is 71.8. The van der Waals surface area contributed by atoms with E-state index in [-0.39, 0.29) is 0 Å². The Kier molecular flexibility index (Phi) is 63.7. The zero-order valence-electron chi connectivity index (χ0n) is 101. The SMILES string of the molecule is CC.CC.CC.CC.CC.CC.CC.CC.CC.CC.CC.CC.CC.CC.CC.CCC.CCC.CCC.CCC.CCn1c2ccccc2c2c3c(ccc21)Cc1ccccc1-3.Cn1c2ccccc2c2c3c(ccc21)Cc1ccccc1-3.Cn1c2ccccc2c2c3c(ccc21)Cc1ccccc1-3.Cn1c2ccccc2c2ccc3c(c21)Cc1ccccc1-3.Cn1c2ccccc2c2ccc3c(c21)Cc1ccccc1-3. The number of fused-ring (bicyclic) bond motifs is 35. The highest BCUT2D eigenvalue weighted by Crippen LogP contribution is 2.50. The summed E-state index contributed by atoms with van der Waals surface area (Å²) in [5.41, 5.74) is 42.2. The van der Waals surface area contributed by atoms with E-state index in [9.17, 15) is 0 Å². The normalized spacial score (nSPS) is 10.3. The van der Waals surface area contributed by atoms with E-state index in [1.807, 2.05) is 208 Å². The molecule has 0 unspecified atom stereocenters. The number of aromatic nitrogens is 5. The van der Waals surface area contributed by atoms with Gasteiger partial charge in [-0.2, -0.15) is 0 Å². The molecule has 0 saturated carbocycles. The molecule has 0 bridgehead atoms. The summed E-state index contributed by atoms with van der Waals surface area (Å²) in [7, 11) is 8.71. The Morgan fingerprint density at radius 3 is 0.649 bits per heavy atom. The van der Waals surface area contributed by atoms with Gasteiger partial charge in [-0.05, 0) is 186 Å². The minimum absolute atomic E-state index is 1.00. The summed E-state index contributed by atoms with van der Waals surface area (Å²) in [6.07, 6.45) is 10.3. The van der Waals surface area contributed by atoms with Gasteiger partial charge in [0.25, 0.3) is 0 Å². The average molecular weight is 1990 g/mol. The van der Waals surface area contributed by atoms with Crippen LogP contribution in [0.3, 0.4) is 0 Å². The molecule has 5 nitrogen and oxygen atoms in total. The molecule has 5 aromatic heterocycles. The Morgan fingerprint density at radius 1 is 0.162 bits per heavy atom. The van der Waals surface area contributed by atoms with Gasteiger partial charge in [0, 0.05) is 146 Å². The lowest BCUT2D eigenvalue weighted by Crippen LogP contribution is -1.93. The molecule has 5 heterocycles. The molecule has 0 saturated heterocycles. The first-order chi connectivity index (χ1) is 72.9. The van der Waals surface area contributed by atoms with Gasteiger partial charge in [0.05, 0.1) is 11.0 Å². The predicted molar refractivity (Wildman–Crippen MR) is 682 cm³/mol. The van der Waals surface area contributed by atoms with Crippen LogP contribution in [0.2, 0.25) is 0 Å². The molecule has 0 aliphatic heterocycles. The maximum absolute atomic E-state index is 2.44. The van der Waals surface area contributed by atoms with E-state index in [2.05, 4.69) is 417 Å². The van der Waals surface area contributed by atoms with Crippen molar-refractivity contribution in [2.45, 2.75) is 334 Å². The fourth-order valence-electron chi connectivity index (χ4n) is 19.7. The number of para-hydroxylation sites is 5. The lowest BCUT2D eigenvalue weighted by molar-refractivity contribution is 0.827. The van der Waals surface area contributed by atoms with Crippen molar-refractivity contribution >= 4 is 109 Å². The van der Waals surface area contributed by atoms with Crippen molar-refractivity contribution in [1.82, 2.24) is 22.8 Å². The van der Waals surface area contributed by atoms with Crippen LogP contribution in [-0.4, -0.2) is 22.8 Å². The van der Waals surface area contributed by atoms with Crippen LogP contribution in [-0.2, 0) is 66.8 Å². The molecule has 0 fully saturated rings. The highest BCUT2D eigenvalue weighted by molar-refractivity contribution is 6.20. The second-order valence-corrected chi connectivity index (χ2v) is 32.5. The molecule has 5 heteroatoms. The van der Waals surface area contributed by atoms with Gasteiger partial charge in [0.1, 0.15) is 0 Å². The average Bonchev–Trinajstić information content (AvgIpc) is 1.58. The van der Waals surface area contributed by atoms with Crippen LogP contribution in [0.1, 0.15) is 351 Å². The van der Waals surface area contributed by atoms with Gasteiger partial charge in [-0.3, -0.25) is 0 Å². The number of hydrogen-bond donors (Lipinski definition) is 0. The Labute approximate surface area is 902 Å². The Morgan fingerprint density at radius 2 is 0.372 bits per heavy atom. The fraction of sp³-hybridized carbons (Fsp3) is 0.371. The molecular weight excluding hydrogens is 1790 g/mol. The first-order valence-corrected chi connectivity index (χ1v) is 58.3. The molecule has 0 amide bonds. The van der Waals surface area contributed by atoms with Crippen molar-refractivity contribution in [2.24, 2.45) is 28.2 Å². The van der Waals surface area contributed by atoms with Crippen LogP contribution in [0.5, 0.6) is 0 Å². The molecule has 0 N–H and O–H groups in total. The van der Waals surface area contributed by atoms with E-state index in [4.69, 9.17) is 0 Å². The summed E-state index contributed by atoms with van der Waals surface area (Å²) in [6.45, 7) is 80.2. The van der Waals surface area contributed by atoms with Crippen LogP contribution < -0.4 is 0 Å². The first-order valence-electron chi connectivity index (χ1n) is 58.3. The zero-order chi connectivity index (χ0) is 111. The maximum atomic E-state index is 2.44. The summed E-state index contributed by atoms with van der Waals surface area (Å²) in [5.74, 6) is 0. The lowest BCUT2D eigenvalue weighted by atomic mass is 9.99. The number of hydrogen-bond acceptors (Lipinski definition) is 0. The van der Waals surface area contributed by atoms with Gasteiger partial charge in [-0.1, -0.05) is 544 Å². The molecular formula is C143H199N5. The predicted octanol–water partition coefficient (Wildman–Crippen LogP) is 46.1. The third-order valence-electron chi connectivity index (χ3n) is 24.4. The molecule has 0 spiro atoms. The van der Waals surface area contributed by atoms with Gasteiger partial charge in [0.15, 0.2) is 0 Å². The van der Waals surface area contributed by atoms with E-state index in [1.165, 1.54) is 246 Å². The largest absolute Gasteiger partial charge is 0.344 e. The number of nitrogens with zero attached hydrogens (tertiary/aromatic N) is 5. The standard InChI is InChI=1S/C21H17N.4C20H15N.4C3H8.15C2H6/c1-2-22-18-10-6-5-9-17(18)21-19(22)12-11-15-13-14-7-3-4-8-16(14)20(15)21;2*1-21-17-9-5-4-8-16(17)20-18(21)11-10-14-12-13-6-2-3-7-15(13)19(14)20;2*1-21-19-9-5-4-8-16(19)17-11-10-15-14-7-3-2-6-13(14)12-18(15)20(17)21;4*1-3-2;15*1-2/h3-12H,2,13H2,1H3;4*2-11H,12H2,1H3;4*3H2,1-2H3;15*1-2H3. The minimum atomic E-state index is 1.00. The van der Waals surface area contributed by atoms with Crippen LogP contribution in [0.25, 0.3) is 165 Å². The van der Waals surface area contributed by atoms with Gasteiger partial charge in [-0.15, -0.1) is 0 Å². The fourth-order valence-corrected chi connectivity index (χ4v) is 19.7. The summed E-state index contributed by atoms with van der Waals surface area (Å²) in [5, 5.41) is 13.8. The molecule has 5 aliphatic rings. The Balaban J connectivity index is 0.000000572. The maximum Gasteiger partial charge on any atom is 0.0530 e. The molecule has 148 heavy (non-hydrogen) atoms. The van der Waals surface area contributed by atoms with Crippen molar-refractivity contribution < 1.29 is 0 Å². The van der Waals surface area contributed by atoms with Crippen molar-refractivity contribution in [2.75, 3.05) is 0 Å². The highest BCUT2D eigenvalue weighted by atomic mass is 15.0. The van der Waals surface area contributed by atoms with Crippen molar-refractivity contribution in [3.05, 3.63) is 359 Å². The van der Waals surface area contributed by atoms with Crippen molar-refractivity contribution in [3.63, 3.8) is 0 Å². The summed E-state index contributed by atoms with van der Waals surface area (Å²) >= 11 is 0. The number of aryl methyl sites for hydroxylation is 5. The van der Waals surface area contributed by atoms with Crippen LogP contribution in [0.4, 0.5) is 0 Å². The van der Waals surface area contributed by atoms with E-state index < -0.39 is 0 Å². The molecule has 20 aromatic rings. The third-order valence-corrected chi connectivity index (χ3v) is 24.4. The van der Waals surface area contributed by atoms with Crippen molar-refractivity contribution in [1.29, 1.82) is 0 Å². The number of benzene rings is 15. The van der Waals surface area contributed by atoms with Crippen LogP contribution in [0.15, 0.2) is 303 Å². The Hall–Kier alpha value is -12.7. The second-order valence-electron chi connectivity index (χ2n) is 32.5. The van der Waals surface area contributed by atoms with E-state index in [0.29, 0.717) is 0 Å².